The molecule has 2 aromatic rings. The third-order valence-corrected chi connectivity index (χ3v) is 6.82. The summed E-state index contributed by atoms with van der Waals surface area (Å²) >= 11 is 0. The van der Waals surface area contributed by atoms with E-state index in [1.54, 1.807) is 19.1 Å². The van der Waals surface area contributed by atoms with Gasteiger partial charge in [-0.3, -0.25) is 4.79 Å². The van der Waals surface area contributed by atoms with Crippen LogP contribution in [0.15, 0.2) is 59.5 Å². The smallest absolute Gasteiger partial charge is 0.260 e. The number of likely N-dealkylation sites (tertiary alicyclic amines) is 1. The molecule has 1 fully saturated rings. The number of piperidine rings is 1. The molecule has 0 radical (unpaired) electrons. The number of carbonyl (C=O) groups excluding carboxylic acids is 1. The molecule has 0 aromatic heterocycles. The Bertz CT molecular complexity index is 906. The SMILES string of the molecule is CC1CCN(C(=O)COc2ccc(S(=O)(=O)NC(C)c3ccccc3)cc2)CC1. The van der Waals surface area contributed by atoms with Gasteiger partial charge in [-0.05, 0) is 55.5 Å². The van der Waals surface area contributed by atoms with E-state index in [0.29, 0.717) is 11.7 Å². The van der Waals surface area contributed by atoms with Crippen LogP contribution in [0.5, 0.6) is 5.75 Å². The maximum atomic E-state index is 12.6. The molecule has 1 aliphatic rings. The fourth-order valence-electron chi connectivity index (χ4n) is 3.32. The Hall–Kier alpha value is -2.38. The van der Waals surface area contributed by atoms with E-state index in [1.165, 1.54) is 12.1 Å². The van der Waals surface area contributed by atoms with Crippen LogP contribution in [0.3, 0.4) is 0 Å². The van der Waals surface area contributed by atoms with Crippen molar-refractivity contribution < 1.29 is 17.9 Å². The van der Waals surface area contributed by atoms with E-state index < -0.39 is 10.0 Å². The lowest BCUT2D eigenvalue weighted by Gasteiger charge is -2.30. The highest BCUT2D eigenvalue weighted by Crippen LogP contribution is 2.20. The normalized spacial score (nSPS) is 16.4. The van der Waals surface area contributed by atoms with Gasteiger partial charge < -0.3 is 9.64 Å². The molecule has 1 unspecified atom stereocenters. The van der Waals surface area contributed by atoms with Gasteiger partial charge in [0.2, 0.25) is 10.0 Å². The van der Waals surface area contributed by atoms with Gasteiger partial charge in [-0.1, -0.05) is 37.3 Å². The topological polar surface area (TPSA) is 75.7 Å². The number of amides is 1. The number of carbonyl (C=O) groups is 1. The lowest BCUT2D eigenvalue weighted by atomic mass is 9.99. The van der Waals surface area contributed by atoms with Crippen LogP contribution in [0.2, 0.25) is 0 Å². The third kappa shape index (κ3) is 5.81. The molecule has 1 heterocycles. The summed E-state index contributed by atoms with van der Waals surface area (Å²) in [5.74, 6) is 1.10. The average Bonchev–Trinajstić information content (AvgIpc) is 2.73. The number of benzene rings is 2. The fraction of sp³-hybridized carbons (Fsp3) is 0.409. The van der Waals surface area contributed by atoms with Gasteiger partial charge in [-0.15, -0.1) is 0 Å². The van der Waals surface area contributed by atoms with Gasteiger partial charge in [0.25, 0.3) is 5.91 Å². The predicted molar refractivity (Wildman–Crippen MR) is 112 cm³/mol. The predicted octanol–water partition coefficient (Wildman–Crippen LogP) is 3.36. The van der Waals surface area contributed by atoms with Gasteiger partial charge in [0.15, 0.2) is 6.61 Å². The zero-order chi connectivity index (χ0) is 20.9. The van der Waals surface area contributed by atoms with Gasteiger partial charge in [0.1, 0.15) is 5.75 Å². The molecule has 0 spiro atoms. The van der Waals surface area contributed by atoms with E-state index in [0.717, 1.165) is 31.5 Å². The van der Waals surface area contributed by atoms with Crippen molar-refractivity contribution in [2.45, 2.75) is 37.6 Å². The first kappa shape index (κ1) is 21.3. The summed E-state index contributed by atoms with van der Waals surface area (Å²) in [5, 5.41) is 0. The molecule has 1 saturated heterocycles. The third-order valence-electron chi connectivity index (χ3n) is 5.26. The Balaban J connectivity index is 1.55. The Morgan fingerprint density at radius 1 is 1.10 bits per heavy atom. The van der Waals surface area contributed by atoms with Crippen LogP contribution >= 0.6 is 0 Å². The van der Waals surface area contributed by atoms with Crippen molar-refractivity contribution >= 4 is 15.9 Å². The van der Waals surface area contributed by atoms with Gasteiger partial charge in [-0.25, -0.2) is 13.1 Å². The summed E-state index contributed by atoms with van der Waals surface area (Å²) in [6.07, 6.45) is 2.04. The molecule has 2 aromatic carbocycles. The molecule has 1 aliphatic heterocycles. The van der Waals surface area contributed by atoms with Crippen molar-refractivity contribution in [2.75, 3.05) is 19.7 Å². The van der Waals surface area contributed by atoms with Gasteiger partial charge in [0.05, 0.1) is 4.90 Å². The summed E-state index contributed by atoms with van der Waals surface area (Å²) in [5.41, 5.74) is 0.890. The molecule has 1 amide bonds. The van der Waals surface area contributed by atoms with E-state index in [9.17, 15) is 13.2 Å². The highest BCUT2D eigenvalue weighted by atomic mass is 32.2. The zero-order valence-corrected chi connectivity index (χ0v) is 17.7. The van der Waals surface area contributed by atoms with Crippen LogP contribution in [0.1, 0.15) is 38.3 Å². The first-order valence-corrected chi connectivity index (χ1v) is 11.4. The summed E-state index contributed by atoms with van der Waals surface area (Å²) in [6.45, 7) is 5.50. The molecule has 29 heavy (non-hydrogen) atoms. The molecule has 3 rings (SSSR count). The molecular weight excluding hydrogens is 388 g/mol. The minimum Gasteiger partial charge on any atom is -0.484 e. The Morgan fingerprint density at radius 2 is 1.72 bits per heavy atom. The van der Waals surface area contributed by atoms with E-state index >= 15 is 0 Å². The number of nitrogens with zero attached hydrogens (tertiary/aromatic N) is 1. The number of hydrogen-bond donors (Lipinski definition) is 1. The summed E-state index contributed by atoms with van der Waals surface area (Å²) in [7, 11) is -3.66. The van der Waals surface area contributed by atoms with Gasteiger partial charge in [-0.2, -0.15) is 0 Å². The van der Waals surface area contributed by atoms with Gasteiger partial charge >= 0.3 is 0 Å². The second-order valence-electron chi connectivity index (χ2n) is 7.58. The first-order valence-electron chi connectivity index (χ1n) is 9.93. The largest absolute Gasteiger partial charge is 0.484 e. The average molecular weight is 417 g/mol. The Morgan fingerprint density at radius 3 is 2.34 bits per heavy atom. The van der Waals surface area contributed by atoms with Crippen LogP contribution < -0.4 is 9.46 Å². The second kappa shape index (κ2) is 9.41. The Kier molecular flexibility index (Phi) is 6.92. The lowest BCUT2D eigenvalue weighted by Crippen LogP contribution is -2.40. The number of nitrogens with one attached hydrogen (secondary N) is 1. The maximum Gasteiger partial charge on any atom is 0.260 e. The standard InChI is InChI=1S/C22H28N2O4S/c1-17-12-14-24(15-13-17)22(25)16-28-20-8-10-21(11-9-20)29(26,27)23-18(2)19-6-4-3-5-7-19/h3-11,17-18,23H,12-16H2,1-2H3. The number of hydrogen-bond acceptors (Lipinski definition) is 4. The van der Waals surface area contributed by atoms with Gasteiger partial charge in [0, 0.05) is 19.1 Å². The Labute approximate surface area is 172 Å². The van der Waals surface area contributed by atoms with Crippen LogP contribution in [0.25, 0.3) is 0 Å². The highest BCUT2D eigenvalue weighted by molar-refractivity contribution is 7.89. The first-order chi connectivity index (χ1) is 13.8. The molecule has 6 nitrogen and oxygen atoms in total. The van der Waals surface area contributed by atoms with E-state index in [-0.39, 0.29) is 23.5 Å². The van der Waals surface area contributed by atoms with Crippen molar-refractivity contribution in [1.82, 2.24) is 9.62 Å². The monoisotopic (exact) mass is 416 g/mol. The van der Waals surface area contributed by atoms with E-state index in [2.05, 4.69) is 11.6 Å². The molecule has 1 N–H and O–H groups in total. The number of sulfonamides is 1. The van der Waals surface area contributed by atoms with Crippen molar-refractivity contribution in [1.29, 1.82) is 0 Å². The minimum atomic E-state index is -3.66. The minimum absolute atomic E-state index is 0.0352. The molecule has 156 valence electrons. The fourth-order valence-corrected chi connectivity index (χ4v) is 4.55. The van der Waals surface area contributed by atoms with Crippen molar-refractivity contribution in [3.8, 4) is 5.75 Å². The van der Waals surface area contributed by atoms with E-state index in [4.69, 9.17) is 4.74 Å². The van der Waals surface area contributed by atoms with Crippen molar-refractivity contribution in [2.24, 2.45) is 5.92 Å². The summed E-state index contributed by atoms with van der Waals surface area (Å²) < 4.78 is 33.5. The van der Waals surface area contributed by atoms with Crippen molar-refractivity contribution in [3.05, 3.63) is 60.2 Å². The quantitative estimate of drug-likeness (QED) is 0.751. The van der Waals surface area contributed by atoms with Crippen LogP contribution in [-0.2, 0) is 14.8 Å². The molecule has 0 bridgehead atoms. The lowest BCUT2D eigenvalue weighted by molar-refractivity contribution is -0.134. The summed E-state index contributed by atoms with van der Waals surface area (Å²) in [6, 6.07) is 15.2. The number of rotatable bonds is 7. The van der Waals surface area contributed by atoms with Crippen LogP contribution in [0.4, 0.5) is 0 Å². The molecule has 1 atom stereocenters. The van der Waals surface area contributed by atoms with E-state index in [1.807, 2.05) is 35.2 Å². The van der Waals surface area contributed by atoms with Crippen LogP contribution in [-0.4, -0.2) is 38.9 Å². The van der Waals surface area contributed by atoms with Crippen molar-refractivity contribution in [3.63, 3.8) is 0 Å². The maximum absolute atomic E-state index is 12.6. The molecule has 7 heteroatoms. The molecular formula is C22H28N2O4S. The summed E-state index contributed by atoms with van der Waals surface area (Å²) in [4.78, 5) is 14.2. The zero-order valence-electron chi connectivity index (χ0n) is 16.9. The second-order valence-corrected chi connectivity index (χ2v) is 9.29. The molecule has 0 saturated carbocycles. The number of ether oxygens (including phenoxy) is 1. The molecule has 0 aliphatic carbocycles. The van der Waals surface area contributed by atoms with Crippen LogP contribution in [0, 0.1) is 5.92 Å². The highest BCUT2D eigenvalue weighted by Gasteiger charge is 2.21.